The molecule has 1 heterocycles. The second-order valence-corrected chi connectivity index (χ2v) is 5.28. The van der Waals surface area contributed by atoms with E-state index in [0.717, 1.165) is 44.3 Å². The molecule has 0 radical (unpaired) electrons. The van der Waals surface area contributed by atoms with Gasteiger partial charge in [0.15, 0.2) is 0 Å². The molecule has 0 aliphatic carbocycles. The van der Waals surface area contributed by atoms with Gasteiger partial charge in [0.05, 0.1) is 5.41 Å². The van der Waals surface area contributed by atoms with Crippen LogP contribution in [0.4, 0.5) is 0 Å². The van der Waals surface area contributed by atoms with E-state index in [1.807, 2.05) is 0 Å². The third kappa shape index (κ3) is 4.59. The van der Waals surface area contributed by atoms with Crippen molar-refractivity contribution in [2.75, 3.05) is 13.1 Å². The molecule has 0 saturated heterocycles. The van der Waals surface area contributed by atoms with Crippen molar-refractivity contribution in [3.05, 3.63) is 12.2 Å². The van der Waals surface area contributed by atoms with Crippen LogP contribution in [0.25, 0.3) is 0 Å². The highest BCUT2D eigenvalue weighted by Crippen LogP contribution is 2.28. The predicted molar refractivity (Wildman–Crippen MR) is 79.0 cm³/mol. The molecule has 20 heavy (non-hydrogen) atoms. The van der Waals surface area contributed by atoms with E-state index in [1.165, 1.54) is 6.33 Å². The molecule has 6 heteroatoms. The highest BCUT2D eigenvalue weighted by atomic mass is 16.2. The van der Waals surface area contributed by atoms with Gasteiger partial charge in [-0.3, -0.25) is 9.89 Å². The Hall–Kier alpha value is -1.43. The van der Waals surface area contributed by atoms with Crippen molar-refractivity contribution >= 4 is 5.91 Å². The van der Waals surface area contributed by atoms with E-state index in [9.17, 15) is 4.79 Å². The second-order valence-electron chi connectivity index (χ2n) is 5.28. The van der Waals surface area contributed by atoms with Gasteiger partial charge < -0.3 is 11.1 Å². The standard InChI is InChI=1S/C14H27N5O/c1-3-7-14(10-15,8-4-2)13(20)16-9-5-6-12-17-11-18-19-12/h11H,3-10,15H2,1-2H3,(H,16,20)(H,17,18,19). The third-order valence-electron chi connectivity index (χ3n) is 3.67. The number of hydrogen-bond donors (Lipinski definition) is 3. The van der Waals surface area contributed by atoms with Crippen molar-refractivity contribution in [2.24, 2.45) is 11.1 Å². The summed E-state index contributed by atoms with van der Waals surface area (Å²) in [5.74, 6) is 0.952. The SMILES string of the molecule is CCCC(CN)(CCC)C(=O)NCCCc1ncn[nH]1. The molecule has 0 saturated carbocycles. The predicted octanol–water partition coefficient (Wildman–Crippen LogP) is 1.40. The average Bonchev–Trinajstić information content (AvgIpc) is 2.96. The van der Waals surface area contributed by atoms with E-state index in [4.69, 9.17) is 5.73 Å². The first kappa shape index (κ1) is 16.6. The van der Waals surface area contributed by atoms with Gasteiger partial charge in [0, 0.05) is 19.5 Å². The summed E-state index contributed by atoms with van der Waals surface area (Å²) in [5, 5.41) is 9.64. The lowest BCUT2D eigenvalue weighted by molar-refractivity contribution is -0.131. The lowest BCUT2D eigenvalue weighted by atomic mass is 9.78. The number of nitrogens with zero attached hydrogens (tertiary/aromatic N) is 2. The maximum absolute atomic E-state index is 12.4. The highest BCUT2D eigenvalue weighted by Gasteiger charge is 2.34. The highest BCUT2D eigenvalue weighted by molar-refractivity contribution is 5.82. The van der Waals surface area contributed by atoms with Gasteiger partial charge in [-0.2, -0.15) is 5.10 Å². The maximum Gasteiger partial charge on any atom is 0.227 e. The summed E-state index contributed by atoms with van der Waals surface area (Å²) in [7, 11) is 0. The first-order chi connectivity index (χ1) is 9.68. The van der Waals surface area contributed by atoms with Gasteiger partial charge in [0.1, 0.15) is 12.2 Å². The Bertz CT molecular complexity index is 371. The number of amides is 1. The normalized spacial score (nSPS) is 11.6. The summed E-state index contributed by atoms with van der Waals surface area (Å²) < 4.78 is 0. The topological polar surface area (TPSA) is 96.7 Å². The molecule has 0 atom stereocenters. The van der Waals surface area contributed by atoms with Crippen molar-refractivity contribution in [3.63, 3.8) is 0 Å². The minimum atomic E-state index is -0.393. The van der Waals surface area contributed by atoms with Crippen LogP contribution < -0.4 is 11.1 Å². The number of hydrogen-bond acceptors (Lipinski definition) is 4. The van der Waals surface area contributed by atoms with E-state index in [2.05, 4.69) is 34.3 Å². The molecule has 0 aliphatic rings. The number of carbonyl (C=O) groups is 1. The zero-order valence-corrected chi connectivity index (χ0v) is 12.6. The Morgan fingerprint density at radius 1 is 1.40 bits per heavy atom. The Morgan fingerprint density at radius 2 is 2.10 bits per heavy atom. The average molecular weight is 281 g/mol. The molecule has 1 amide bonds. The zero-order chi connectivity index (χ0) is 14.8. The third-order valence-corrected chi connectivity index (χ3v) is 3.67. The molecule has 0 aromatic carbocycles. The van der Waals surface area contributed by atoms with Gasteiger partial charge in [0.2, 0.25) is 5.91 Å². The van der Waals surface area contributed by atoms with Crippen LogP contribution in [0, 0.1) is 5.41 Å². The Balaban J connectivity index is 2.41. The van der Waals surface area contributed by atoms with Crippen LogP contribution in [0.2, 0.25) is 0 Å². The van der Waals surface area contributed by atoms with E-state index in [-0.39, 0.29) is 5.91 Å². The van der Waals surface area contributed by atoms with Crippen LogP contribution >= 0.6 is 0 Å². The van der Waals surface area contributed by atoms with E-state index >= 15 is 0 Å². The minimum absolute atomic E-state index is 0.0984. The molecule has 6 nitrogen and oxygen atoms in total. The fraction of sp³-hybridized carbons (Fsp3) is 0.786. The molecule has 1 aromatic heterocycles. The number of nitrogens with one attached hydrogen (secondary N) is 2. The van der Waals surface area contributed by atoms with Crippen molar-refractivity contribution in [2.45, 2.75) is 52.4 Å². The Labute approximate surface area is 120 Å². The van der Waals surface area contributed by atoms with Gasteiger partial charge in [-0.25, -0.2) is 4.98 Å². The van der Waals surface area contributed by atoms with Crippen molar-refractivity contribution in [1.29, 1.82) is 0 Å². The number of nitrogens with two attached hydrogens (primary N) is 1. The first-order valence-corrected chi connectivity index (χ1v) is 7.51. The Kier molecular flexibility index (Phi) is 7.22. The molecule has 1 aromatic rings. The summed E-state index contributed by atoms with van der Waals surface area (Å²) in [4.78, 5) is 16.5. The van der Waals surface area contributed by atoms with Crippen molar-refractivity contribution in [1.82, 2.24) is 20.5 Å². The van der Waals surface area contributed by atoms with E-state index in [1.54, 1.807) is 0 Å². The fourth-order valence-corrected chi connectivity index (χ4v) is 2.60. The van der Waals surface area contributed by atoms with Crippen LogP contribution in [0.15, 0.2) is 6.33 Å². The van der Waals surface area contributed by atoms with Gasteiger partial charge in [0.25, 0.3) is 0 Å². The lowest BCUT2D eigenvalue weighted by Crippen LogP contribution is -2.46. The maximum atomic E-state index is 12.4. The number of aromatic nitrogens is 3. The van der Waals surface area contributed by atoms with Crippen LogP contribution in [0.3, 0.4) is 0 Å². The van der Waals surface area contributed by atoms with Gasteiger partial charge in [-0.05, 0) is 19.3 Å². The van der Waals surface area contributed by atoms with Gasteiger partial charge in [-0.15, -0.1) is 0 Å². The Morgan fingerprint density at radius 3 is 2.60 bits per heavy atom. The molecule has 4 N–H and O–H groups in total. The first-order valence-electron chi connectivity index (χ1n) is 7.51. The molecule has 0 fully saturated rings. The van der Waals surface area contributed by atoms with E-state index < -0.39 is 5.41 Å². The lowest BCUT2D eigenvalue weighted by Gasteiger charge is -2.30. The summed E-state index contributed by atoms with van der Waals surface area (Å²) in [6.45, 7) is 5.26. The molecule has 1 rings (SSSR count). The molecule has 0 aliphatic heterocycles. The smallest absolute Gasteiger partial charge is 0.227 e. The molecular weight excluding hydrogens is 254 g/mol. The second kappa shape index (κ2) is 8.68. The molecule has 0 spiro atoms. The van der Waals surface area contributed by atoms with Gasteiger partial charge >= 0.3 is 0 Å². The minimum Gasteiger partial charge on any atom is -0.356 e. The number of aromatic amines is 1. The van der Waals surface area contributed by atoms with Crippen LogP contribution in [0.5, 0.6) is 0 Å². The van der Waals surface area contributed by atoms with Gasteiger partial charge in [-0.1, -0.05) is 26.7 Å². The summed E-state index contributed by atoms with van der Waals surface area (Å²) in [6.07, 6.45) is 6.79. The largest absolute Gasteiger partial charge is 0.356 e. The summed E-state index contributed by atoms with van der Waals surface area (Å²) in [6, 6.07) is 0. The monoisotopic (exact) mass is 281 g/mol. The molecule has 0 bridgehead atoms. The summed E-state index contributed by atoms with van der Waals surface area (Å²) >= 11 is 0. The van der Waals surface area contributed by atoms with Crippen LogP contribution in [0.1, 0.15) is 51.8 Å². The number of H-pyrrole nitrogens is 1. The molecule has 0 unspecified atom stereocenters. The van der Waals surface area contributed by atoms with E-state index in [0.29, 0.717) is 13.1 Å². The van der Waals surface area contributed by atoms with Crippen LogP contribution in [-0.2, 0) is 11.2 Å². The molecule has 114 valence electrons. The molecular formula is C14H27N5O. The summed E-state index contributed by atoms with van der Waals surface area (Å²) in [5.41, 5.74) is 5.49. The zero-order valence-electron chi connectivity index (χ0n) is 12.6. The quantitative estimate of drug-likeness (QED) is 0.565. The van der Waals surface area contributed by atoms with Crippen molar-refractivity contribution in [3.8, 4) is 0 Å². The number of carbonyl (C=O) groups excluding carboxylic acids is 1. The number of rotatable bonds is 10. The van der Waals surface area contributed by atoms with Crippen molar-refractivity contribution < 1.29 is 4.79 Å². The van der Waals surface area contributed by atoms with Crippen LogP contribution in [-0.4, -0.2) is 34.2 Å². The fourth-order valence-electron chi connectivity index (χ4n) is 2.60. The number of aryl methyl sites for hydroxylation is 1.